The van der Waals surface area contributed by atoms with Gasteiger partial charge in [-0.15, -0.1) is 0 Å². The monoisotopic (exact) mass is 418 g/mol. The quantitative estimate of drug-likeness (QED) is 0.495. The summed E-state index contributed by atoms with van der Waals surface area (Å²) in [6.45, 7) is 1.97. The minimum Gasteiger partial charge on any atom is -0.480 e. The van der Waals surface area contributed by atoms with Crippen molar-refractivity contribution in [1.82, 2.24) is 15.0 Å². The fourth-order valence-electron chi connectivity index (χ4n) is 3.65. The Labute approximate surface area is 178 Å². The number of halogens is 1. The fraction of sp³-hybridized carbons (Fsp3) is 0.174. The summed E-state index contributed by atoms with van der Waals surface area (Å²) in [7, 11) is 0. The maximum atomic E-state index is 12.8. The number of benzene rings is 2. The molecule has 1 unspecified atom stereocenters. The molecule has 0 bridgehead atoms. The predicted octanol–water partition coefficient (Wildman–Crippen LogP) is 4.92. The van der Waals surface area contributed by atoms with Crippen molar-refractivity contribution >= 4 is 34.4 Å². The maximum absolute atomic E-state index is 12.8. The highest BCUT2D eigenvalue weighted by atomic mass is 35.5. The molecule has 0 fully saturated rings. The lowest BCUT2D eigenvalue weighted by Crippen LogP contribution is -2.35. The Morgan fingerprint density at radius 3 is 3.00 bits per heavy atom. The number of hydrogen-bond donors (Lipinski definition) is 2. The van der Waals surface area contributed by atoms with E-state index in [0.717, 1.165) is 28.8 Å². The molecule has 7 heteroatoms. The minimum atomic E-state index is -0.530. The van der Waals surface area contributed by atoms with Crippen LogP contribution in [0.25, 0.3) is 22.6 Å². The van der Waals surface area contributed by atoms with Gasteiger partial charge in [-0.1, -0.05) is 29.8 Å². The van der Waals surface area contributed by atoms with Gasteiger partial charge in [0.25, 0.3) is 5.91 Å². The molecule has 2 aromatic carbocycles. The van der Waals surface area contributed by atoms with Crippen molar-refractivity contribution in [2.75, 3.05) is 5.32 Å². The Balaban J connectivity index is 1.39. The summed E-state index contributed by atoms with van der Waals surface area (Å²) < 4.78 is 5.89. The number of rotatable bonds is 3. The highest BCUT2D eigenvalue weighted by Gasteiger charge is 2.26. The third kappa shape index (κ3) is 3.50. The van der Waals surface area contributed by atoms with Crippen LogP contribution in [0, 0.1) is 6.92 Å². The van der Waals surface area contributed by atoms with Crippen LogP contribution in [0.15, 0.2) is 54.7 Å². The maximum Gasteiger partial charge on any atom is 0.265 e. The number of H-pyrrole nitrogens is 1. The molecule has 1 amide bonds. The number of para-hydroxylation sites is 1. The number of amides is 1. The first-order chi connectivity index (χ1) is 14.6. The number of carbonyl (C=O) groups excluding carboxylic acids is 1. The summed E-state index contributed by atoms with van der Waals surface area (Å²) in [4.78, 5) is 24.9. The van der Waals surface area contributed by atoms with E-state index >= 15 is 0 Å². The van der Waals surface area contributed by atoms with Crippen LogP contribution in [-0.4, -0.2) is 27.0 Å². The molecule has 5 rings (SSSR count). The predicted molar refractivity (Wildman–Crippen MR) is 117 cm³/mol. The highest BCUT2D eigenvalue weighted by molar-refractivity contribution is 6.33. The number of carbonyl (C=O) groups is 1. The van der Waals surface area contributed by atoms with Gasteiger partial charge in [-0.3, -0.25) is 4.79 Å². The molecule has 4 aromatic rings. The molecule has 0 radical (unpaired) electrons. The van der Waals surface area contributed by atoms with Crippen LogP contribution in [0.2, 0.25) is 5.02 Å². The SMILES string of the molecule is Cc1cnc2nc(-c3cc(NC(=O)C4CCc5ccccc5O4)ccc3Cl)[nH]c2c1. The van der Waals surface area contributed by atoms with Crippen LogP contribution in [0.5, 0.6) is 5.75 Å². The van der Waals surface area contributed by atoms with Gasteiger partial charge in [-0.2, -0.15) is 0 Å². The van der Waals surface area contributed by atoms with Gasteiger partial charge >= 0.3 is 0 Å². The zero-order chi connectivity index (χ0) is 20.7. The molecule has 6 nitrogen and oxygen atoms in total. The van der Waals surface area contributed by atoms with Gasteiger partial charge in [0.1, 0.15) is 11.6 Å². The van der Waals surface area contributed by atoms with Crippen LogP contribution in [0.4, 0.5) is 5.69 Å². The molecule has 2 N–H and O–H groups in total. The van der Waals surface area contributed by atoms with Crippen molar-refractivity contribution in [3.63, 3.8) is 0 Å². The number of nitrogens with one attached hydrogen (secondary N) is 2. The second-order valence-electron chi connectivity index (χ2n) is 7.41. The molecule has 1 atom stereocenters. The van der Waals surface area contributed by atoms with Crippen molar-refractivity contribution in [1.29, 1.82) is 0 Å². The van der Waals surface area contributed by atoms with Gasteiger partial charge in [-0.05, 0) is 61.2 Å². The lowest BCUT2D eigenvalue weighted by atomic mass is 10.0. The number of imidazole rings is 1. The Hall–Kier alpha value is -3.38. The van der Waals surface area contributed by atoms with Gasteiger partial charge in [0.05, 0.1) is 10.5 Å². The topological polar surface area (TPSA) is 79.9 Å². The Kier molecular flexibility index (Phi) is 4.64. The van der Waals surface area contributed by atoms with Crippen LogP contribution in [0.3, 0.4) is 0 Å². The summed E-state index contributed by atoms with van der Waals surface area (Å²) >= 11 is 6.41. The zero-order valence-electron chi connectivity index (χ0n) is 16.3. The van der Waals surface area contributed by atoms with Gasteiger partial charge < -0.3 is 15.0 Å². The standard InChI is InChI=1S/C23H19ClN4O2/c1-13-10-18-22(25-12-13)28-21(27-18)16-11-15(7-8-17(16)24)26-23(29)20-9-6-14-4-2-3-5-19(14)30-20/h2-5,7-8,10-12,20H,6,9H2,1H3,(H,26,29)(H,25,27,28). The highest BCUT2D eigenvalue weighted by Crippen LogP contribution is 2.31. The molecule has 0 saturated carbocycles. The van der Waals surface area contributed by atoms with E-state index in [9.17, 15) is 4.79 Å². The van der Waals surface area contributed by atoms with Crippen molar-refractivity contribution in [2.45, 2.75) is 25.9 Å². The van der Waals surface area contributed by atoms with Crippen LogP contribution in [0.1, 0.15) is 17.5 Å². The van der Waals surface area contributed by atoms with Gasteiger partial charge in [0.2, 0.25) is 0 Å². The second-order valence-corrected chi connectivity index (χ2v) is 7.81. The van der Waals surface area contributed by atoms with E-state index < -0.39 is 6.10 Å². The molecule has 150 valence electrons. The fourth-order valence-corrected chi connectivity index (χ4v) is 3.86. The minimum absolute atomic E-state index is 0.181. The molecule has 0 saturated heterocycles. The van der Waals surface area contributed by atoms with E-state index in [1.54, 1.807) is 18.3 Å². The third-order valence-electron chi connectivity index (χ3n) is 5.17. The van der Waals surface area contributed by atoms with Crippen LogP contribution >= 0.6 is 11.6 Å². The second kappa shape index (κ2) is 7.46. The molecule has 2 aromatic heterocycles. The zero-order valence-corrected chi connectivity index (χ0v) is 17.0. The molecule has 1 aliphatic rings. The third-order valence-corrected chi connectivity index (χ3v) is 5.50. The Bertz CT molecular complexity index is 1270. The average Bonchev–Trinajstić information content (AvgIpc) is 3.17. The Morgan fingerprint density at radius 2 is 2.10 bits per heavy atom. The lowest BCUT2D eigenvalue weighted by Gasteiger charge is -2.25. The summed E-state index contributed by atoms with van der Waals surface area (Å²) in [5, 5.41) is 3.48. The van der Waals surface area contributed by atoms with E-state index in [0.29, 0.717) is 34.2 Å². The van der Waals surface area contributed by atoms with E-state index in [1.165, 1.54) is 0 Å². The Morgan fingerprint density at radius 1 is 1.23 bits per heavy atom. The van der Waals surface area contributed by atoms with Gasteiger partial charge in [0.15, 0.2) is 11.8 Å². The van der Waals surface area contributed by atoms with Crippen molar-refractivity contribution in [3.8, 4) is 17.1 Å². The van der Waals surface area contributed by atoms with Crippen LogP contribution in [-0.2, 0) is 11.2 Å². The van der Waals surface area contributed by atoms with E-state index in [4.69, 9.17) is 16.3 Å². The molecular weight excluding hydrogens is 400 g/mol. The molecule has 1 aliphatic heterocycles. The normalized spacial score (nSPS) is 15.5. The van der Waals surface area contributed by atoms with Crippen molar-refractivity contribution < 1.29 is 9.53 Å². The first kappa shape index (κ1) is 18.6. The average molecular weight is 419 g/mol. The first-order valence-corrected chi connectivity index (χ1v) is 10.1. The largest absolute Gasteiger partial charge is 0.480 e. The number of hydrogen-bond acceptors (Lipinski definition) is 4. The summed E-state index contributed by atoms with van der Waals surface area (Å²) in [6, 6.07) is 15.1. The summed E-state index contributed by atoms with van der Waals surface area (Å²) in [6.07, 6.45) is 2.69. The lowest BCUT2D eigenvalue weighted by molar-refractivity contribution is -0.123. The number of aryl methyl sites for hydroxylation is 2. The van der Waals surface area contributed by atoms with Gasteiger partial charge in [0, 0.05) is 17.4 Å². The number of nitrogens with zero attached hydrogens (tertiary/aromatic N) is 2. The number of fused-ring (bicyclic) bond motifs is 2. The number of ether oxygens (including phenoxy) is 1. The number of aromatic nitrogens is 3. The number of anilines is 1. The number of aromatic amines is 1. The summed E-state index contributed by atoms with van der Waals surface area (Å²) in [5.74, 6) is 1.19. The first-order valence-electron chi connectivity index (χ1n) is 9.74. The van der Waals surface area contributed by atoms with Crippen molar-refractivity contribution in [2.24, 2.45) is 0 Å². The number of pyridine rings is 1. The van der Waals surface area contributed by atoms with Gasteiger partial charge in [-0.25, -0.2) is 9.97 Å². The smallest absolute Gasteiger partial charge is 0.265 e. The van der Waals surface area contributed by atoms with E-state index in [2.05, 4.69) is 20.3 Å². The van der Waals surface area contributed by atoms with Crippen molar-refractivity contribution in [3.05, 3.63) is 70.9 Å². The molecule has 30 heavy (non-hydrogen) atoms. The van der Waals surface area contributed by atoms with E-state index in [-0.39, 0.29) is 5.91 Å². The van der Waals surface area contributed by atoms with Crippen LogP contribution < -0.4 is 10.1 Å². The molecule has 3 heterocycles. The van der Waals surface area contributed by atoms with E-state index in [1.807, 2.05) is 43.3 Å². The molecule has 0 aliphatic carbocycles. The summed E-state index contributed by atoms with van der Waals surface area (Å²) in [5.41, 5.74) is 4.95. The molecule has 0 spiro atoms. The molecular formula is C23H19ClN4O2.